The number of carbonyl (C=O) groups excluding carboxylic acids is 1. The zero-order chi connectivity index (χ0) is 15.4. The van der Waals surface area contributed by atoms with E-state index in [-0.39, 0.29) is 5.91 Å². The van der Waals surface area contributed by atoms with E-state index in [9.17, 15) is 4.79 Å². The van der Waals surface area contributed by atoms with Gasteiger partial charge in [0.25, 0.3) is 5.91 Å². The van der Waals surface area contributed by atoms with Crippen LogP contribution in [0.15, 0.2) is 54.1 Å². The van der Waals surface area contributed by atoms with Crippen molar-refractivity contribution in [2.45, 2.75) is 18.9 Å². The number of nitrogens with zero attached hydrogens (tertiary/aromatic N) is 1. The third kappa shape index (κ3) is 3.01. The van der Waals surface area contributed by atoms with Gasteiger partial charge in [0.1, 0.15) is 11.4 Å². The van der Waals surface area contributed by atoms with Crippen LogP contribution in [-0.2, 0) is 4.79 Å². The number of carbonyl (C=O) groups is 1. The molecular formula is C18H18N2O2. The Morgan fingerprint density at radius 1 is 1.45 bits per heavy atom. The van der Waals surface area contributed by atoms with E-state index in [1.165, 1.54) is 11.8 Å². The summed E-state index contributed by atoms with van der Waals surface area (Å²) in [6, 6.07) is 5.86. The molecule has 1 amide bonds. The topological polar surface area (TPSA) is 50.7 Å². The molecule has 1 aliphatic carbocycles. The first-order valence-electron chi connectivity index (χ1n) is 7.38. The van der Waals surface area contributed by atoms with E-state index in [0.29, 0.717) is 12.3 Å². The van der Waals surface area contributed by atoms with Gasteiger partial charge >= 0.3 is 0 Å². The maximum absolute atomic E-state index is 11.9. The third-order valence-electron chi connectivity index (χ3n) is 3.57. The molecule has 4 heteroatoms. The maximum atomic E-state index is 11.9. The minimum atomic E-state index is -0.688. The van der Waals surface area contributed by atoms with Crippen LogP contribution >= 0.6 is 0 Å². The van der Waals surface area contributed by atoms with E-state index < -0.39 is 6.10 Å². The molecule has 0 aromatic heterocycles. The van der Waals surface area contributed by atoms with E-state index in [4.69, 9.17) is 4.74 Å². The number of benzene rings is 1. The summed E-state index contributed by atoms with van der Waals surface area (Å²) in [4.78, 5) is 16.3. The Labute approximate surface area is 129 Å². The molecule has 0 bridgehead atoms. The summed E-state index contributed by atoms with van der Waals surface area (Å²) >= 11 is 0. The highest BCUT2D eigenvalue weighted by Crippen LogP contribution is 2.34. The maximum Gasteiger partial charge on any atom is 0.267 e. The van der Waals surface area contributed by atoms with Gasteiger partial charge in [0.15, 0.2) is 0 Å². The number of fused-ring (bicyclic) bond motifs is 1. The highest BCUT2D eigenvalue weighted by Gasteiger charge is 2.23. The van der Waals surface area contributed by atoms with Crippen LogP contribution in [0.5, 0.6) is 5.75 Å². The van der Waals surface area contributed by atoms with Gasteiger partial charge in [0.2, 0.25) is 6.10 Å². The van der Waals surface area contributed by atoms with Crippen LogP contribution in [0.1, 0.15) is 18.4 Å². The van der Waals surface area contributed by atoms with Crippen molar-refractivity contribution >= 4 is 23.4 Å². The fourth-order valence-electron chi connectivity index (χ4n) is 2.43. The van der Waals surface area contributed by atoms with Crippen molar-refractivity contribution in [2.24, 2.45) is 4.99 Å². The van der Waals surface area contributed by atoms with Crippen LogP contribution in [-0.4, -0.2) is 24.8 Å². The number of hydrogen-bond donors (Lipinski definition) is 1. The molecule has 1 aromatic carbocycles. The summed E-state index contributed by atoms with van der Waals surface area (Å²) in [7, 11) is 0. The molecule has 0 saturated carbocycles. The molecule has 1 aliphatic heterocycles. The fraction of sp³-hybridized carbons (Fsp3) is 0.222. The first-order chi connectivity index (χ1) is 10.8. The Morgan fingerprint density at radius 2 is 2.36 bits per heavy atom. The van der Waals surface area contributed by atoms with E-state index in [0.717, 1.165) is 24.1 Å². The summed E-state index contributed by atoms with van der Waals surface area (Å²) in [5, 5.41) is 2.70. The van der Waals surface area contributed by atoms with E-state index >= 15 is 0 Å². The molecule has 0 spiro atoms. The second kappa shape index (κ2) is 6.43. The second-order valence-electron chi connectivity index (χ2n) is 5.17. The van der Waals surface area contributed by atoms with Crippen LogP contribution in [0.4, 0.5) is 5.69 Å². The quantitative estimate of drug-likeness (QED) is 0.867. The first-order valence-corrected chi connectivity index (χ1v) is 7.38. The predicted octanol–water partition coefficient (Wildman–Crippen LogP) is 3.19. The van der Waals surface area contributed by atoms with Gasteiger partial charge in [0.05, 0.1) is 6.21 Å². The van der Waals surface area contributed by atoms with Crippen LogP contribution in [0.3, 0.4) is 0 Å². The summed E-state index contributed by atoms with van der Waals surface area (Å²) < 4.78 is 5.70. The molecule has 0 fully saturated rings. The van der Waals surface area contributed by atoms with Crippen molar-refractivity contribution in [3.63, 3.8) is 0 Å². The molecule has 2 aliphatic rings. The van der Waals surface area contributed by atoms with Crippen molar-refractivity contribution < 1.29 is 9.53 Å². The molecular weight excluding hydrogens is 276 g/mol. The molecule has 1 N–H and O–H groups in total. The zero-order valence-corrected chi connectivity index (χ0v) is 12.3. The second-order valence-corrected chi connectivity index (χ2v) is 5.17. The minimum Gasteiger partial charge on any atom is -0.473 e. The molecule has 1 heterocycles. The molecule has 0 saturated heterocycles. The summed E-state index contributed by atoms with van der Waals surface area (Å²) in [6.07, 6.45) is 11.2. The summed E-state index contributed by atoms with van der Waals surface area (Å²) in [5.74, 6) is 0.418. The molecule has 1 unspecified atom stereocenters. The standard InChI is InChI=1S/C18H18N2O2/c1-2-10-19-18(21)17-12-20-15-11-14(8-9-16(15)22-17)13-6-4-3-5-7-13/h2,4,6-9,11-12,17H,1,3,5,10H2,(H,19,21). The van der Waals surface area contributed by atoms with Gasteiger partial charge in [-0.15, -0.1) is 6.58 Å². The van der Waals surface area contributed by atoms with Gasteiger partial charge in [-0.3, -0.25) is 9.79 Å². The highest BCUT2D eigenvalue weighted by molar-refractivity contribution is 5.99. The van der Waals surface area contributed by atoms with E-state index in [1.54, 1.807) is 6.08 Å². The predicted molar refractivity (Wildman–Crippen MR) is 88.6 cm³/mol. The highest BCUT2D eigenvalue weighted by atomic mass is 16.5. The molecule has 22 heavy (non-hydrogen) atoms. The van der Waals surface area contributed by atoms with Gasteiger partial charge < -0.3 is 10.1 Å². The molecule has 112 valence electrons. The van der Waals surface area contributed by atoms with Crippen molar-refractivity contribution in [3.05, 3.63) is 54.6 Å². The lowest BCUT2D eigenvalue weighted by Crippen LogP contribution is -2.40. The minimum absolute atomic E-state index is 0.212. The van der Waals surface area contributed by atoms with E-state index in [2.05, 4.69) is 35.1 Å². The Bertz CT molecular complexity index is 686. The SMILES string of the molecule is C=CCNC(=O)C1C=Nc2cc(C3=CCCC=C3)ccc2O1. The van der Waals surface area contributed by atoms with Crippen LogP contribution in [0.25, 0.3) is 5.57 Å². The summed E-state index contributed by atoms with van der Waals surface area (Å²) in [5.41, 5.74) is 3.07. The van der Waals surface area contributed by atoms with Crippen LogP contribution in [0.2, 0.25) is 0 Å². The summed E-state index contributed by atoms with van der Waals surface area (Å²) in [6.45, 7) is 3.98. The van der Waals surface area contributed by atoms with Crippen molar-refractivity contribution in [2.75, 3.05) is 6.54 Å². The number of allylic oxidation sites excluding steroid dienone is 4. The Hall–Kier alpha value is -2.62. The van der Waals surface area contributed by atoms with Crippen molar-refractivity contribution in [3.8, 4) is 5.75 Å². The van der Waals surface area contributed by atoms with E-state index in [1.807, 2.05) is 18.2 Å². The first kappa shape index (κ1) is 14.3. The smallest absolute Gasteiger partial charge is 0.267 e. The van der Waals surface area contributed by atoms with Crippen LogP contribution < -0.4 is 10.1 Å². The molecule has 0 radical (unpaired) electrons. The Morgan fingerprint density at radius 3 is 3.14 bits per heavy atom. The normalized spacial score (nSPS) is 18.9. The van der Waals surface area contributed by atoms with Crippen molar-refractivity contribution in [1.82, 2.24) is 5.32 Å². The largest absolute Gasteiger partial charge is 0.473 e. The monoisotopic (exact) mass is 294 g/mol. The number of amides is 1. The molecule has 1 aromatic rings. The zero-order valence-electron chi connectivity index (χ0n) is 12.3. The average Bonchev–Trinajstić information content (AvgIpc) is 2.59. The fourth-order valence-corrected chi connectivity index (χ4v) is 2.43. The number of hydrogen-bond acceptors (Lipinski definition) is 3. The van der Waals surface area contributed by atoms with Gasteiger partial charge in [-0.2, -0.15) is 0 Å². The molecule has 4 nitrogen and oxygen atoms in total. The van der Waals surface area contributed by atoms with Gasteiger partial charge in [-0.1, -0.05) is 30.4 Å². The Kier molecular flexibility index (Phi) is 4.19. The number of aliphatic imine (C=N–C) groups is 1. The number of rotatable bonds is 4. The lowest BCUT2D eigenvalue weighted by atomic mass is 9.99. The van der Waals surface area contributed by atoms with Gasteiger partial charge in [0, 0.05) is 6.54 Å². The van der Waals surface area contributed by atoms with Crippen molar-refractivity contribution in [1.29, 1.82) is 0 Å². The van der Waals surface area contributed by atoms with Crippen LogP contribution in [0, 0.1) is 0 Å². The van der Waals surface area contributed by atoms with Gasteiger partial charge in [-0.05, 0) is 36.1 Å². The molecule has 1 atom stereocenters. The lowest BCUT2D eigenvalue weighted by Gasteiger charge is -2.20. The lowest BCUT2D eigenvalue weighted by molar-refractivity contribution is -0.124. The van der Waals surface area contributed by atoms with Gasteiger partial charge in [-0.25, -0.2) is 0 Å². The Balaban J connectivity index is 1.77. The third-order valence-corrected chi connectivity index (χ3v) is 3.57. The number of ether oxygens (including phenoxy) is 1. The molecule has 3 rings (SSSR count). The average molecular weight is 294 g/mol. The number of nitrogens with one attached hydrogen (secondary N) is 1.